The number of hydrogen-bond acceptors (Lipinski definition) is 7. The minimum Gasteiger partial charge on any atom is -0.460 e. The standard InChI is InChI=1S/C21H21O4P.C10H20O3/c1-16-4-10-19(11-5-16)23-26(22,24-20-12-6-17(2)7-13-20)25-21-14-8-18(3)9-15-21;1-4-6-7-10(8-12-5-2)13-9(3)11/h4-15H,1-3H3;10H,4-8H2,1-3H3. The van der Waals surface area contributed by atoms with Crippen molar-refractivity contribution < 1.29 is 32.4 Å². The van der Waals surface area contributed by atoms with E-state index in [2.05, 4.69) is 6.92 Å². The van der Waals surface area contributed by atoms with E-state index >= 15 is 0 Å². The zero-order valence-electron chi connectivity index (χ0n) is 23.8. The van der Waals surface area contributed by atoms with E-state index in [4.69, 9.17) is 23.0 Å². The number of hydrogen-bond donors (Lipinski definition) is 0. The fourth-order valence-corrected chi connectivity index (χ4v) is 4.58. The number of ether oxygens (including phenoxy) is 2. The first-order valence-corrected chi connectivity index (χ1v) is 14.7. The van der Waals surface area contributed by atoms with Crippen LogP contribution in [0.1, 0.15) is 56.7 Å². The summed E-state index contributed by atoms with van der Waals surface area (Å²) < 4.78 is 40.5. The molecular formula is C31H41O7P. The molecule has 0 fully saturated rings. The van der Waals surface area contributed by atoms with Gasteiger partial charge in [-0.1, -0.05) is 66.4 Å². The highest BCUT2D eigenvalue weighted by Crippen LogP contribution is 2.49. The van der Waals surface area contributed by atoms with Crippen molar-refractivity contribution in [2.45, 2.75) is 66.9 Å². The average molecular weight is 557 g/mol. The number of phosphoric ester groups is 1. The largest absolute Gasteiger partial charge is 0.647 e. The summed E-state index contributed by atoms with van der Waals surface area (Å²) in [6, 6.07) is 21.6. The number of benzene rings is 3. The number of unbranched alkanes of at least 4 members (excludes halogenated alkanes) is 1. The molecule has 3 aromatic rings. The molecule has 1 unspecified atom stereocenters. The molecule has 3 rings (SSSR count). The summed E-state index contributed by atoms with van der Waals surface area (Å²) in [6.07, 6.45) is 3.03. The summed E-state index contributed by atoms with van der Waals surface area (Å²) in [5.74, 6) is 1.02. The summed E-state index contributed by atoms with van der Waals surface area (Å²) in [6.45, 7) is 12.6. The Balaban J connectivity index is 0.000000349. The number of aryl methyl sites for hydroxylation is 3. The number of carbonyl (C=O) groups is 1. The second kappa shape index (κ2) is 16.6. The van der Waals surface area contributed by atoms with Crippen LogP contribution in [0.2, 0.25) is 0 Å². The van der Waals surface area contributed by atoms with Crippen molar-refractivity contribution in [1.82, 2.24) is 0 Å². The molecule has 0 heterocycles. The number of phosphoric acid groups is 1. The van der Waals surface area contributed by atoms with Gasteiger partial charge < -0.3 is 23.0 Å². The van der Waals surface area contributed by atoms with Crippen LogP contribution in [0.5, 0.6) is 17.2 Å². The first kappa shape index (κ1) is 31.9. The third-order valence-corrected chi connectivity index (χ3v) is 6.74. The van der Waals surface area contributed by atoms with Gasteiger partial charge in [0.1, 0.15) is 23.4 Å². The molecule has 0 bridgehead atoms. The highest BCUT2D eigenvalue weighted by molar-refractivity contribution is 7.49. The maximum Gasteiger partial charge on any atom is 0.647 e. The van der Waals surface area contributed by atoms with Gasteiger partial charge in [0.25, 0.3) is 0 Å². The number of rotatable bonds is 13. The molecule has 0 N–H and O–H groups in total. The van der Waals surface area contributed by atoms with Crippen molar-refractivity contribution in [2.24, 2.45) is 0 Å². The van der Waals surface area contributed by atoms with Crippen molar-refractivity contribution in [3.63, 3.8) is 0 Å². The van der Waals surface area contributed by atoms with Gasteiger partial charge in [-0.15, -0.1) is 0 Å². The van der Waals surface area contributed by atoms with Crippen LogP contribution in [0, 0.1) is 20.8 Å². The van der Waals surface area contributed by atoms with Gasteiger partial charge in [0.15, 0.2) is 0 Å². The Kier molecular flexibility index (Phi) is 13.6. The molecule has 0 aliphatic heterocycles. The second-order valence-electron chi connectivity index (χ2n) is 9.19. The highest BCUT2D eigenvalue weighted by Gasteiger charge is 2.33. The first-order chi connectivity index (χ1) is 18.6. The molecule has 1 atom stereocenters. The SMILES string of the molecule is CCCCC(COCC)OC(C)=O.Cc1ccc(OP(=O)(Oc2ccc(C)cc2)Oc2ccc(C)cc2)cc1. The zero-order chi connectivity index (χ0) is 28.7. The van der Waals surface area contributed by atoms with Gasteiger partial charge in [-0.25, -0.2) is 0 Å². The Labute approximate surface area is 233 Å². The lowest BCUT2D eigenvalue weighted by Crippen LogP contribution is -2.22. The molecule has 3 aromatic carbocycles. The molecule has 39 heavy (non-hydrogen) atoms. The molecule has 0 saturated heterocycles. The minimum absolute atomic E-state index is 0.0580. The fourth-order valence-electron chi connectivity index (χ4n) is 3.33. The molecule has 212 valence electrons. The molecule has 0 radical (unpaired) electrons. The summed E-state index contributed by atoms with van der Waals surface area (Å²) in [4.78, 5) is 10.7. The van der Waals surface area contributed by atoms with Crippen molar-refractivity contribution in [3.05, 3.63) is 89.5 Å². The minimum atomic E-state index is -3.93. The Morgan fingerprint density at radius 2 is 1.10 bits per heavy atom. The van der Waals surface area contributed by atoms with E-state index in [9.17, 15) is 9.36 Å². The predicted octanol–water partition coefficient (Wildman–Crippen LogP) is 8.40. The smallest absolute Gasteiger partial charge is 0.460 e. The van der Waals surface area contributed by atoms with E-state index < -0.39 is 7.82 Å². The monoisotopic (exact) mass is 556 g/mol. The molecule has 0 aliphatic carbocycles. The van der Waals surface area contributed by atoms with E-state index in [0.29, 0.717) is 30.5 Å². The summed E-state index contributed by atoms with van der Waals surface area (Å²) in [5, 5.41) is 0. The van der Waals surface area contributed by atoms with Crippen molar-refractivity contribution in [3.8, 4) is 17.2 Å². The third-order valence-electron chi connectivity index (χ3n) is 5.43. The molecule has 0 amide bonds. The van der Waals surface area contributed by atoms with E-state index in [1.54, 1.807) is 36.4 Å². The lowest BCUT2D eigenvalue weighted by atomic mass is 10.2. The fraction of sp³-hybridized carbons (Fsp3) is 0.387. The van der Waals surface area contributed by atoms with Crippen LogP contribution < -0.4 is 13.6 Å². The van der Waals surface area contributed by atoms with E-state index in [0.717, 1.165) is 36.0 Å². The molecule has 0 aromatic heterocycles. The van der Waals surface area contributed by atoms with Gasteiger partial charge >= 0.3 is 13.8 Å². The third kappa shape index (κ3) is 12.9. The maximum absolute atomic E-state index is 13.3. The maximum atomic E-state index is 13.3. The summed E-state index contributed by atoms with van der Waals surface area (Å²) >= 11 is 0. The Hall–Kier alpha value is -3.28. The summed E-state index contributed by atoms with van der Waals surface area (Å²) in [5.41, 5.74) is 3.23. The van der Waals surface area contributed by atoms with E-state index in [1.165, 1.54) is 6.92 Å². The van der Waals surface area contributed by atoms with Crippen LogP contribution >= 0.6 is 7.82 Å². The lowest BCUT2D eigenvalue weighted by molar-refractivity contribution is -0.149. The van der Waals surface area contributed by atoms with Gasteiger partial charge in [0, 0.05) is 13.5 Å². The van der Waals surface area contributed by atoms with Crippen LogP contribution in [-0.2, 0) is 18.8 Å². The molecule has 7 nitrogen and oxygen atoms in total. The molecular weight excluding hydrogens is 515 g/mol. The topological polar surface area (TPSA) is 80.3 Å². The van der Waals surface area contributed by atoms with Crippen molar-refractivity contribution in [2.75, 3.05) is 13.2 Å². The van der Waals surface area contributed by atoms with Gasteiger partial charge in [-0.05, 0) is 76.9 Å². The van der Waals surface area contributed by atoms with E-state index in [1.807, 2.05) is 64.1 Å². The zero-order valence-corrected chi connectivity index (χ0v) is 24.7. The average Bonchev–Trinajstić information content (AvgIpc) is 2.90. The molecule has 8 heteroatoms. The quantitative estimate of drug-likeness (QED) is 0.154. The normalized spacial score (nSPS) is 11.5. The Morgan fingerprint density at radius 3 is 1.41 bits per heavy atom. The highest BCUT2D eigenvalue weighted by atomic mass is 31.2. The molecule has 0 spiro atoms. The van der Waals surface area contributed by atoms with E-state index in [-0.39, 0.29) is 12.1 Å². The van der Waals surface area contributed by atoms with Crippen LogP contribution in [0.4, 0.5) is 0 Å². The van der Waals surface area contributed by atoms with Gasteiger partial charge in [0.05, 0.1) is 6.61 Å². The van der Waals surface area contributed by atoms with Crippen LogP contribution in [0.25, 0.3) is 0 Å². The van der Waals surface area contributed by atoms with Gasteiger partial charge in [-0.3, -0.25) is 4.79 Å². The van der Waals surface area contributed by atoms with Crippen LogP contribution in [0.15, 0.2) is 72.8 Å². The lowest BCUT2D eigenvalue weighted by Gasteiger charge is -2.19. The van der Waals surface area contributed by atoms with Gasteiger partial charge in [0.2, 0.25) is 0 Å². The van der Waals surface area contributed by atoms with Crippen molar-refractivity contribution in [1.29, 1.82) is 0 Å². The molecule has 0 aliphatic rings. The first-order valence-electron chi connectivity index (χ1n) is 13.3. The van der Waals surface area contributed by atoms with Crippen LogP contribution in [-0.4, -0.2) is 25.3 Å². The number of esters is 1. The molecule has 0 saturated carbocycles. The summed E-state index contributed by atoms with van der Waals surface area (Å²) in [7, 11) is -3.93. The van der Waals surface area contributed by atoms with Gasteiger partial charge in [-0.2, -0.15) is 4.57 Å². The predicted molar refractivity (Wildman–Crippen MR) is 155 cm³/mol. The second-order valence-corrected chi connectivity index (χ2v) is 10.6. The Bertz CT molecular complexity index is 1030. The Morgan fingerprint density at radius 1 is 0.718 bits per heavy atom. The van der Waals surface area contributed by atoms with Crippen LogP contribution in [0.3, 0.4) is 0 Å². The van der Waals surface area contributed by atoms with Crippen molar-refractivity contribution >= 4 is 13.8 Å². The number of carbonyl (C=O) groups excluding carboxylic acids is 1.